The van der Waals surface area contributed by atoms with Gasteiger partial charge in [-0.15, -0.1) is 0 Å². The van der Waals surface area contributed by atoms with Gasteiger partial charge in [0.15, 0.2) is 0 Å². The molecule has 2 heterocycles. The van der Waals surface area contributed by atoms with Crippen LogP contribution in [0.15, 0.2) is 12.5 Å². The number of esters is 1. The van der Waals surface area contributed by atoms with Gasteiger partial charge >= 0.3 is 5.97 Å². The summed E-state index contributed by atoms with van der Waals surface area (Å²) in [6.07, 6.45) is 3.20. The van der Waals surface area contributed by atoms with Crippen LogP contribution in [0.3, 0.4) is 0 Å². The fourth-order valence-electron chi connectivity index (χ4n) is 1.77. The van der Waals surface area contributed by atoms with Crippen LogP contribution in [0.2, 0.25) is 0 Å². The van der Waals surface area contributed by atoms with Crippen molar-refractivity contribution in [3.05, 3.63) is 18.2 Å². The molecule has 1 fully saturated rings. The number of hydrogen-bond donors (Lipinski definition) is 0. The van der Waals surface area contributed by atoms with Gasteiger partial charge in [0.25, 0.3) is 0 Å². The minimum atomic E-state index is -2.32. The topological polar surface area (TPSA) is 44.1 Å². The van der Waals surface area contributed by atoms with Crippen LogP contribution < -0.4 is 0 Å². The molecular formula is C11H16N2O2. The Balaban J connectivity index is 2.20. The highest BCUT2D eigenvalue weighted by molar-refractivity contribution is 5.74. The smallest absolute Gasteiger partial charge is 0.309 e. The first-order chi connectivity index (χ1) is 8.72. The van der Waals surface area contributed by atoms with Gasteiger partial charge in [0, 0.05) is 30.3 Å². The predicted molar refractivity (Wildman–Crippen MR) is 55.1 cm³/mol. The van der Waals surface area contributed by atoms with E-state index >= 15 is 0 Å². The van der Waals surface area contributed by atoms with Crippen LogP contribution in [-0.4, -0.2) is 22.1 Å². The van der Waals surface area contributed by atoms with Crippen molar-refractivity contribution >= 4 is 5.97 Å². The van der Waals surface area contributed by atoms with E-state index in [1.807, 2.05) is 7.05 Å². The third kappa shape index (κ3) is 1.89. The number of carbonyl (C=O) groups is 1. The predicted octanol–water partition coefficient (Wildman–Crippen LogP) is 1.16. The first-order valence-electron chi connectivity index (χ1n) is 6.85. The summed E-state index contributed by atoms with van der Waals surface area (Å²) in [5.41, 5.74) is 0.852. The van der Waals surface area contributed by atoms with Crippen molar-refractivity contribution in [3.8, 4) is 0 Å². The van der Waals surface area contributed by atoms with Gasteiger partial charge in [-0.05, 0) is 12.8 Å². The van der Waals surface area contributed by atoms with E-state index in [1.165, 1.54) is 0 Å². The van der Waals surface area contributed by atoms with Gasteiger partial charge in [-0.25, -0.2) is 4.98 Å². The summed E-state index contributed by atoms with van der Waals surface area (Å²) in [7, 11) is 1.81. The Morgan fingerprint density at radius 3 is 3.40 bits per heavy atom. The number of nitrogens with zero attached hydrogens (tertiary/aromatic N) is 2. The lowest BCUT2D eigenvalue weighted by Gasteiger charge is -2.12. The Hall–Kier alpha value is -1.32. The quantitative estimate of drug-likeness (QED) is 0.706. The summed E-state index contributed by atoms with van der Waals surface area (Å²) in [5.74, 6) is -2.90. The van der Waals surface area contributed by atoms with Crippen LogP contribution in [0.25, 0.3) is 0 Å². The molecule has 0 N–H and O–H groups in total. The largest absolute Gasteiger partial charge is 0.465 e. The molecule has 0 amide bonds. The third-order valence-corrected chi connectivity index (χ3v) is 2.73. The maximum atomic E-state index is 11.7. The number of rotatable bonds is 3. The van der Waals surface area contributed by atoms with Gasteiger partial charge in [0.1, 0.15) is 0 Å². The molecule has 0 saturated carbocycles. The number of aryl methyl sites for hydroxylation is 1. The van der Waals surface area contributed by atoms with E-state index in [4.69, 9.17) is 10.2 Å². The fourth-order valence-corrected chi connectivity index (χ4v) is 1.77. The molecule has 82 valence electrons. The van der Waals surface area contributed by atoms with Crippen LogP contribution in [0.4, 0.5) is 0 Å². The highest BCUT2D eigenvalue weighted by Crippen LogP contribution is 2.27. The summed E-state index contributed by atoms with van der Waals surface area (Å²) in [5, 5.41) is 0. The van der Waals surface area contributed by atoms with Crippen molar-refractivity contribution in [1.82, 2.24) is 9.55 Å². The number of imidazole rings is 1. The van der Waals surface area contributed by atoms with Gasteiger partial charge in [0.2, 0.25) is 0 Å². The van der Waals surface area contributed by atoms with Crippen molar-refractivity contribution in [2.45, 2.75) is 19.7 Å². The minimum absolute atomic E-state index is 0.0869. The van der Waals surface area contributed by atoms with E-state index in [-0.39, 0.29) is 6.61 Å². The van der Waals surface area contributed by atoms with Gasteiger partial charge in [-0.3, -0.25) is 4.79 Å². The fraction of sp³-hybridized carbons (Fsp3) is 0.636. The lowest BCUT2D eigenvalue weighted by Crippen LogP contribution is -2.18. The zero-order valence-electron chi connectivity index (χ0n) is 12.6. The normalized spacial score (nSPS) is 35.3. The van der Waals surface area contributed by atoms with Crippen molar-refractivity contribution in [2.75, 3.05) is 6.61 Å². The van der Waals surface area contributed by atoms with E-state index in [0.29, 0.717) is 6.42 Å². The Morgan fingerprint density at radius 1 is 1.87 bits per heavy atom. The molecule has 0 spiro atoms. The number of aromatic nitrogens is 2. The van der Waals surface area contributed by atoms with Crippen molar-refractivity contribution < 1.29 is 15.0 Å². The van der Waals surface area contributed by atoms with Crippen LogP contribution in [0.5, 0.6) is 0 Å². The molecule has 1 saturated heterocycles. The molecule has 0 bridgehead atoms. The number of ether oxygens (including phenoxy) is 1. The van der Waals surface area contributed by atoms with Crippen molar-refractivity contribution in [1.29, 1.82) is 0 Å². The second-order valence-corrected chi connectivity index (χ2v) is 3.70. The summed E-state index contributed by atoms with van der Waals surface area (Å²) in [6.45, 7) is -2.24. The summed E-state index contributed by atoms with van der Waals surface area (Å²) in [6, 6.07) is 0. The zero-order chi connectivity index (χ0) is 14.3. The summed E-state index contributed by atoms with van der Waals surface area (Å²) < 4.78 is 36.8. The monoisotopic (exact) mass is 212 g/mol. The second-order valence-electron chi connectivity index (χ2n) is 3.70. The SMILES string of the molecule is [2H]C([2H])([2H])C[C@]1([2H])C(=O)OC[C@@H]1Cc1cncn1C. The molecule has 1 aromatic rings. The maximum absolute atomic E-state index is 11.7. The number of hydrogen-bond acceptors (Lipinski definition) is 3. The first-order valence-corrected chi connectivity index (χ1v) is 4.85. The van der Waals surface area contributed by atoms with Crippen LogP contribution in [-0.2, 0) is 23.0 Å². The van der Waals surface area contributed by atoms with Crippen LogP contribution in [0, 0.1) is 11.8 Å². The molecule has 0 aromatic carbocycles. The molecule has 0 unspecified atom stereocenters. The van der Waals surface area contributed by atoms with Crippen molar-refractivity contribution in [2.24, 2.45) is 18.9 Å². The van der Waals surface area contributed by atoms with Crippen molar-refractivity contribution in [3.63, 3.8) is 0 Å². The Kier molecular flexibility index (Phi) is 1.70. The highest BCUT2D eigenvalue weighted by Gasteiger charge is 2.35. The lowest BCUT2D eigenvalue weighted by molar-refractivity contribution is -0.141. The minimum Gasteiger partial charge on any atom is -0.465 e. The van der Waals surface area contributed by atoms with E-state index in [9.17, 15) is 4.79 Å². The molecule has 0 radical (unpaired) electrons. The molecule has 15 heavy (non-hydrogen) atoms. The van der Waals surface area contributed by atoms with E-state index in [0.717, 1.165) is 5.69 Å². The molecule has 4 nitrogen and oxygen atoms in total. The summed E-state index contributed by atoms with van der Waals surface area (Å²) >= 11 is 0. The van der Waals surface area contributed by atoms with E-state index < -0.39 is 31.1 Å². The third-order valence-electron chi connectivity index (χ3n) is 2.73. The van der Waals surface area contributed by atoms with E-state index in [2.05, 4.69) is 4.98 Å². The summed E-state index contributed by atoms with van der Waals surface area (Å²) in [4.78, 5) is 15.7. The molecule has 4 heteroatoms. The van der Waals surface area contributed by atoms with Gasteiger partial charge in [0.05, 0.1) is 18.8 Å². The van der Waals surface area contributed by atoms with Crippen LogP contribution in [0.1, 0.15) is 24.4 Å². The first kappa shape index (κ1) is 6.30. The van der Waals surface area contributed by atoms with Gasteiger partial charge < -0.3 is 9.30 Å². The van der Waals surface area contributed by atoms with Gasteiger partial charge in [-0.2, -0.15) is 0 Å². The number of carbonyl (C=O) groups excluding carboxylic acids is 1. The average molecular weight is 212 g/mol. The van der Waals surface area contributed by atoms with Crippen LogP contribution >= 0.6 is 0 Å². The molecule has 2 rings (SSSR count). The van der Waals surface area contributed by atoms with Gasteiger partial charge in [-0.1, -0.05) is 6.85 Å². The Morgan fingerprint density at radius 2 is 2.73 bits per heavy atom. The molecule has 1 aliphatic heterocycles. The average Bonchev–Trinajstić information content (AvgIpc) is 2.76. The number of cyclic esters (lactones) is 1. The maximum Gasteiger partial charge on any atom is 0.309 e. The standard InChI is InChI=1S/C11H16N2O2/c1-3-10-8(6-15-11(10)14)4-9-5-12-7-13(9)2/h5,7-8,10H,3-4,6H2,1-2H3/t8-,10-/m0/s1/i1D3,10D. The Labute approximate surface area is 94.9 Å². The molecular weight excluding hydrogens is 192 g/mol. The highest BCUT2D eigenvalue weighted by atomic mass is 16.5. The molecule has 2 atom stereocenters. The molecule has 0 aliphatic carbocycles. The lowest BCUT2D eigenvalue weighted by atomic mass is 9.89. The van der Waals surface area contributed by atoms with E-state index in [1.54, 1.807) is 17.1 Å². The molecule has 1 aromatic heterocycles. The Bertz CT molecular complexity index is 485. The zero-order valence-corrected chi connectivity index (χ0v) is 8.56. The second kappa shape index (κ2) is 4.04. The molecule has 1 aliphatic rings.